The molecular formula is C38H70N12O14. The van der Waals surface area contributed by atoms with Crippen LogP contribution in [0.5, 0.6) is 0 Å². The zero-order valence-corrected chi connectivity index (χ0v) is 37.5. The minimum Gasteiger partial charge on any atom is -0.480 e. The van der Waals surface area contributed by atoms with Crippen LogP contribution in [0.1, 0.15) is 81.1 Å². The van der Waals surface area contributed by atoms with Gasteiger partial charge in [0.15, 0.2) is 12.1 Å². The fourth-order valence-electron chi connectivity index (χ4n) is 5.76. The van der Waals surface area contributed by atoms with E-state index < -0.39 is 132 Å². The predicted octanol–water partition coefficient (Wildman–Crippen LogP) is -6.60. The fourth-order valence-corrected chi connectivity index (χ4v) is 5.76. The monoisotopic (exact) mass is 919 g/mol. The van der Waals surface area contributed by atoms with E-state index in [1.165, 1.54) is 0 Å². The van der Waals surface area contributed by atoms with Crippen LogP contribution in [0.2, 0.25) is 0 Å². The summed E-state index contributed by atoms with van der Waals surface area (Å²) in [5.41, 5.74) is 16.4. The minimum atomic E-state index is -2.40. The van der Waals surface area contributed by atoms with Crippen LogP contribution in [0.15, 0.2) is 0 Å². The smallest absolute Gasteiger partial charge is 0.328 e. The van der Waals surface area contributed by atoms with Gasteiger partial charge in [0.2, 0.25) is 47.3 Å². The Bertz CT molecular complexity index is 1630. The van der Waals surface area contributed by atoms with Gasteiger partial charge in [0.1, 0.15) is 48.3 Å². The third-order valence-corrected chi connectivity index (χ3v) is 9.90. The highest BCUT2D eigenvalue weighted by molar-refractivity contribution is 5.99. The van der Waals surface area contributed by atoms with E-state index in [4.69, 9.17) is 27.7 Å². The van der Waals surface area contributed by atoms with Crippen LogP contribution in [-0.4, -0.2) is 165 Å². The van der Waals surface area contributed by atoms with Gasteiger partial charge in [-0.25, -0.2) is 4.79 Å². The molecule has 26 heteroatoms. The van der Waals surface area contributed by atoms with E-state index in [2.05, 4.69) is 31.9 Å². The summed E-state index contributed by atoms with van der Waals surface area (Å²) in [6.45, 7) is 11.4. The molecule has 12 atom stereocenters. The number of aliphatic hydroxyl groups is 4. The summed E-state index contributed by atoms with van der Waals surface area (Å²) in [5.74, 6) is -12.0. The molecule has 26 nitrogen and oxygen atoms in total. The summed E-state index contributed by atoms with van der Waals surface area (Å²) in [4.78, 5) is 117. The van der Waals surface area contributed by atoms with E-state index in [1.807, 2.05) is 10.6 Å². The molecule has 0 aliphatic heterocycles. The van der Waals surface area contributed by atoms with Gasteiger partial charge in [-0.15, -0.1) is 0 Å². The molecular weight excluding hydrogens is 848 g/mol. The van der Waals surface area contributed by atoms with Gasteiger partial charge < -0.3 is 85.3 Å². The zero-order chi connectivity index (χ0) is 49.8. The van der Waals surface area contributed by atoms with Crippen molar-refractivity contribution in [3.8, 4) is 0 Å². The maximum absolute atomic E-state index is 14.0. The Morgan fingerprint density at radius 3 is 1.58 bits per heavy atom. The molecule has 64 heavy (non-hydrogen) atoms. The van der Waals surface area contributed by atoms with E-state index in [-0.39, 0.29) is 50.0 Å². The lowest BCUT2D eigenvalue weighted by atomic mass is 9.96. The Kier molecular flexibility index (Phi) is 25.7. The number of primary amides is 1. The number of nitrogens with two attached hydrogens (primary N) is 3. The average molecular weight is 919 g/mol. The van der Waals surface area contributed by atoms with E-state index >= 15 is 0 Å². The van der Waals surface area contributed by atoms with Crippen LogP contribution in [0.3, 0.4) is 0 Å². The van der Waals surface area contributed by atoms with E-state index in [0.717, 1.165) is 13.8 Å². The molecule has 0 saturated heterocycles. The number of nitrogens with one attached hydrogen (secondary N) is 9. The molecule has 366 valence electrons. The normalized spacial score (nSPS) is 16.9. The van der Waals surface area contributed by atoms with Crippen molar-refractivity contribution in [1.29, 1.82) is 5.41 Å². The van der Waals surface area contributed by atoms with Gasteiger partial charge >= 0.3 is 5.97 Å². The van der Waals surface area contributed by atoms with E-state index in [1.54, 1.807) is 41.5 Å². The molecule has 0 aromatic rings. The molecule has 0 aromatic heterocycles. The van der Waals surface area contributed by atoms with Crippen LogP contribution in [-0.2, 0) is 43.2 Å². The highest BCUT2D eigenvalue weighted by atomic mass is 16.4. The number of carboxylic acids is 1. The number of aliphatic hydroxyl groups excluding tert-OH is 4. The number of carbonyl (C=O) groups is 9. The number of amides is 8. The topological polar surface area (TPSA) is 453 Å². The lowest BCUT2D eigenvalue weighted by molar-refractivity contribution is -0.145. The average Bonchev–Trinajstić information content (AvgIpc) is 3.21. The first-order chi connectivity index (χ1) is 29.6. The molecule has 0 aliphatic carbocycles. The van der Waals surface area contributed by atoms with Crippen molar-refractivity contribution in [3.05, 3.63) is 0 Å². The number of carboxylic acid groups (broad SMARTS) is 1. The van der Waals surface area contributed by atoms with Crippen LogP contribution in [0.25, 0.3) is 0 Å². The molecule has 0 bridgehead atoms. The molecule has 0 heterocycles. The van der Waals surface area contributed by atoms with Gasteiger partial charge in [0, 0.05) is 6.54 Å². The van der Waals surface area contributed by atoms with E-state index in [9.17, 15) is 63.6 Å². The summed E-state index contributed by atoms with van der Waals surface area (Å²) in [6.07, 6.45) is -4.79. The molecule has 0 rings (SSSR count). The van der Waals surface area contributed by atoms with E-state index in [0.29, 0.717) is 0 Å². The Hall–Kier alpha value is -5.70. The molecule has 1 unspecified atom stereocenters. The summed E-state index contributed by atoms with van der Waals surface area (Å²) in [7, 11) is 0. The van der Waals surface area contributed by atoms with Crippen LogP contribution in [0.4, 0.5) is 0 Å². The number of carbonyl (C=O) groups excluding carboxylic acids is 8. The van der Waals surface area contributed by atoms with Crippen molar-refractivity contribution in [1.82, 2.24) is 42.5 Å². The molecule has 0 saturated carbocycles. The Morgan fingerprint density at radius 2 is 1.11 bits per heavy atom. The second kappa shape index (κ2) is 28.2. The number of guanidine groups is 1. The van der Waals surface area contributed by atoms with Gasteiger partial charge in [0.05, 0.1) is 18.8 Å². The quantitative estimate of drug-likeness (QED) is 0.0188. The molecule has 8 amide bonds. The Balaban J connectivity index is 6.42. The minimum absolute atomic E-state index is 0.0696. The van der Waals surface area contributed by atoms with Crippen LogP contribution >= 0.6 is 0 Å². The van der Waals surface area contributed by atoms with Gasteiger partial charge in [-0.3, -0.25) is 43.8 Å². The van der Waals surface area contributed by atoms with Crippen LogP contribution < -0.4 is 59.7 Å². The summed E-state index contributed by atoms with van der Waals surface area (Å²) >= 11 is 0. The third kappa shape index (κ3) is 19.8. The van der Waals surface area contributed by atoms with Gasteiger partial charge in [-0.2, -0.15) is 0 Å². The van der Waals surface area contributed by atoms with Crippen molar-refractivity contribution in [3.63, 3.8) is 0 Å². The van der Waals surface area contributed by atoms with Crippen molar-refractivity contribution >= 4 is 59.2 Å². The lowest BCUT2D eigenvalue weighted by Crippen LogP contribution is -2.63. The first kappa shape index (κ1) is 58.3. The molecule has 0 fully saturated rings. The summed E-state index contributed by atoms with van der Waals surface area (Å²) in [5, 5.41) is 75.5. The van der Waals surface area contributed by atoms with Gasteiger partial charge in [-0.05, 0) is 50.9 Å². The highest BCUT2D eigenvalue weighted by Gasteiger charge is 2.38. The second-order valence-electron chi connectivity index (χ2n) is 16.2. The van der Waals surface area contributed by atoms with Crippen molar-refractivity contribution in [2.24, 2.45) is 35.0 Å². The van der Waals surface area contributed by atoms with Crippen molar-refractivity contribution in [2.75, 3.05) is 13.2 Å². The molecule has 0 aromatic carbocycles. The largest absolute Gasteiger partial charge is 0.480 e. The van der Waals surface area contributed by atoms with Crippen LogP contribution in [0, 0.1) is 23.2 Å². The van der Waals surface area contributed by atoms with Gasteiger partial charge in [0.25, 0.3) is 0 Å². The SMILES string of the molecule is CC[C@H](C)[C@H](NC(=O)[C@@H](CCCNC(=N)N)NC(=O)[C@H](CC(C)C)NC(=O)[C@@H](N)[C@H](O)C(C)C)C(=O)N[C@H](C(=O)N[C@H](C)C(=O)N[C@H](C(=O)N[C@@H](CO)C(=O)O)C(O)C(N)=O)[C@H](C)O. The van der Waals surface area contributed by atoms with Gasteiger partial charge in [-0.1, -0.05) is 48.0 Å². The first-order valence-electron chi connectivity index (χ1n) is 20.7. The standard InChI is InChI=1S/C38H70N12O14/c1-9-17(6)24(48-31(57)20(11-10-12-43-38(41)42)45-32(58)21(13-15(2)3)46-33(59)23(39)27(53)16(4)5)34(60)49-25(19(8)52)35(61)44-18(7)30(56)50-26(28(54)29(40)55)36(62)47-22(14-51)37(63)64/h15-28,51-54H,9-14,39H2,1-8H3,(H2,40,55)(H,44,61)(H,45,58)(H,46,59)(H,47,62)(H,48,57)(H,49,60)(H,50,56)(H,63,64)(H4,41,42,43)/t17-,18+,19-,20+,21-,22-,23-,24-,25-,26-,27+,28?/m0/s1. The fraction of sp³-hybridized carbons (Fsp3) is 0.737. The Morgan fingerprint density at radius 1 is 0.625 bits per heavy atom. The maximum Gasteiger partial charge on any atom is 0.328 e. The molecule has 0 aliphatic rings. The number of aliphatic carboxylic acids is 1. The highest BCUT2D eigenvalue weighted by Crippen LogP contribution is 2.13. The molecule has 0 radical (unpaired) electrons. The predicted molar refractivity (Wildman–Crippen MR) is 228 cm³/mol. The number of rotatable bonds is 29. The van der Waals surface area contributed by atoms with Crippen molar-refractivity contribution in [2.45, 2.75) is 148 Å². The number of hydrogen-bond acceptors (Lipinski definition) is 15. The first-order valence-corrected chi connectivity index (χ1v) is 20.7. The maximum atomic E-state index is 14.0. The number of hydrogen-bond donors (Lipinski definition) is 17. The summed E-state index contributed by atoms with van der Waals surface area (Å²) in [6, 6.07) is -12.9. The molecule has 20 N–H and O–H groups in total. The molecule has 0 spiro atoms. The second-order valence-corrected chi connectivity index (χ2v) is 16.2. The summed E-state index contributed by atoms with van der Waals surface area (Å²) < 4.78 is 0. The Labute approximate surface area is 371 Å². The zero-order valence-electron chi connectivity index (χ0n) is 37.5. The third-order valence-electron chi connectivity index (χ3n) is 9.90. The van der Waals surface area contributed by atoms with Crippen molar-refractivity contribution < 1.29 is 68.7 Å². The lowest BCUT2D eigenvalue weighted by Gasteiger charge is -2.30.